The molecule has 0 radical (unpaired) electrons. The Labute approximate surface area is 127 Å². The predicted molar refractivity (Wildman–Crippen MR) is 85.4 cm³/mol. The van der Waals surface area contributed by atoms with Gasteiger partial charge in [0, 0.05) is 38.4 Å². The molecule has 2 aliphatic heterocycles. The lowest BCUT2D eigenvalue weighted by atomic mass is 10.2. The number of anilines is 1. The number of carbonyl (C=O) groups is 1. The fraction of sp³-hybridized carbons (Fsp3) is 0.588. The zero-order valence-electron chi connectivity index (χ0n) is 12.7. The SMILES string of the molecule is O=C(CNCc1ccc(N2CCCC2)cc1)N1CCCC1. The van der Waals surface area contributed by atoms with Crippen molar-refractivity contribution in [3.8, 4) is 0 Å². The van der Waals surface area contributed by atoms with Crippen molar-refractivity contribution in [2.75, 3.05) is 37.6 Å². The Bertz CT molecular complexity index is 459. The minimum atomic E-state index is 0.237. The molecular weight excluding hydrogens is 262 g/mol. The maximum absolute atomic E-state index is 11.9. The Kier molecular flexibility index (Phi) is 4.76. The number of hydrogen-bond donors (Lipinski definition) is 1. The van der Waals surface area contributed by atoms with E-state index in [0.717, 1.165) is 32.5 Å². The molecule has 4 nitrogen and oxygen atoms in total. The van der Waals surface area contributed by atoms with E-state index in [1.165, 1.54) is 37.2 Å². The van der Waals surface area contributed by atoms with E-state index in [0.29, 0.717) is 6.54 Å². The summed E-state index contributed by atoms with van der Waals surface area (Å²) in [5.41, 5.74) is 2.57. The lowest BCUT2D eigenvalue weighted by Crippen LogP contribution is -2.35. The van der Waals surface area contributed by atoms with Gasteiger partial charge in [-0.3, -0.25) is 4.79 Å². The molecule has 1 N–H and O–H groups in total. The fourth-order valence-electron chi connectivity index (χ4n) is 3.19. The smallest absolute Gasteiger partial charge is 0.236 e. The van der Waals surface area contributed by atoms with E-state index in [2.05, 4.69) is 34.5 Å². The van der Waals surface area contributed by atoms with Gasteiger partial charge in [0.2, 0.25) is 5.91 Å². The summed E-state index contributed by atoms with van der Waals surface area (Å²) < 4.78 is 0. The standard InChI is InChI=1S/C17H25N3O/c21-17(20-11-3-4-12-20)14-18-13-15-5-7-16(8-6-15)19-9-1-2-10-19/h5-8,18H,1-4,9-14H2. The quantitative estimate of drug-likeness (QED) is 0.900. The molecule has 2 fully saturated rings. The number of amides is 1. The summed E-state index contributed by atoms with van der Waals surface area (Å²) in [7, 11) is 0. The fourth-order valence-corrected chi connectivity index (χ4v) is 3.19. The first kappa shape index (κ1) is 14.4. The van der Waals surface area contributed by atoms with Gasteiger partial charge in [0.05, 0.1) is 6.54 Å². The Morgan fingerprint density at radius 1 is 0.952 bits per heavy atom. The monoisotopic (exact) mass is 287 g/mol. The van der Waals surface area contributed by atoms with E-state index in [1.54, 1.807) is 0 Å². The second-order valence-corrected chi connectivity index (χ2v) is 6.05. The maximum Gasteiger partial charge on any atom is 0.236 e. The number of benzene rings is 1. The van der Waals surface area contributed by atoms with Gasteiger partial charge in [-0.15, -0.1) is 0 Å². The number of hydrogen-bond acceptors (Lipinski definition) is 3. The highest BCUT2D eigenvalue weighted by Crippen LogP contribution is 2.20. The number of carbonyl (C=O) groups excluding carboxylic acids is 1. The van der Waals surface area contributed by atoms with E-state index in [-0.39, 0.29) is 5.91 Å². The van der Waals surface area contributed by atoms with Crippen LogP contribution in [0.15, 0.2) is 24.3 Å². The van der Waals surface area contributed by atoms with Gasteiger partial charge in [0.1, 0.15) is 0 Å². The zero-order valence-corrected chi connectivity index (χ0v) is 12.7. The Morgan fingerprint density at radius 3 is 2.24 bits per heavy atom. The van der Waals surface area contributed by atoms with Gasteiger partial charge >= 0.3 is 0 Å². The van der Waals surface area contributed by atoms with Crippen molar-refractivity contribution >= 4 is 11.6 Å². The van der Waals surface area contributed by atoms with Crippen LogP contribution in [0.2, 0.25) is 0 Å². The highest BCUT2D eigenvalue weighted by Gasteiger charge is 2.17. The van der Waals surface area contributed by atoms with Crippen LogP contribution in [0.3, 0.4) is 0 Å². The van der Waals surface area contributed by atoms with Gasteiger partial charge < -0.3 is 15.1 Å². The third kappa shape index (κ3) is 3.76. The van der Waals surface area contributed by atoms with Crippen LogP contribution >= 0.6 is 0 Å². The number of nitrogens with zero attached hydrogens (tertiary/aromatic N) is 2. The molecule has 2 heterocycles. The van der Waals surface area contributed by atoms with Gasteiger partial charge in [0.25, 0.3) is 0 Å². The largest absolute Gasteiger partial charge is 0.372 e. The molecule has 3 rings (SSSR count). The van der Waals surface area contributed by atoms with Crippen LogP contribution in [-0.2, 0) is 11.3 Å². The third-order valence-corrected chi connectivity index (χ3v) is 4.47. The molecule has 0 unspecified atom stereocenters. The maximum atomic E-state index is 11.9. The summed E-state index contributed by atoms with van der Waals surface area (Å²) in [6.07, 6.45) is 4.93. The normalized spacial score (nSPS) is 18.5. The van der Waals surface area contributed by atoms with Crippen LogP contribution < -0.4 is 10.2 Å². The average molecular weight is 287 g/mol. The summed E-state index contributed by atoms with van der Waals surface area (Å²) in [6.45, 7) is 5.45. The lowest BCUT2D eigenvalue weighted by Gasteiger charge is -2.18. The molecule has 0 aliphatic carbocycles. The molecule has 1 amide bonds. The van der Waals surface area contributed by atoms with Crippen molar-refractivity contribution in [1.29, 1.82) is 0 Å². The van der Waals surface area contributed by atoms with Gasteiger partial charge in [-0.25, -0.2) is 0 Å². The summed E-state index contributed by atoms with van der Waals surface area (Å²) >= 11 is 0. The van der Waals surface area contributed by atoms with Gasteiger partial charge in [-0.05, 0) is 43.4 Å². The molecule has 0 aromatic heterocycles. The number of nitrogens with one attached hydrogen (secondary N) is 1. The molecule has 4 heteroatoms. The van der Waals surface area contributed by atoms with E-state index < -0.39 is 0 Å². The summed E-state index contributed by atoms with van der Waals surface area (Å²) in [4.78, 5) is 16.3. The number of rotatable bonds is 5. The van der Waals surface area contributed by atoms with Crippen molar-refractivity contribution in [1.82, 2.24) is 10.2 Å². The van der Waals surface area contributed by atoms with Crippen LogP contribution in [0.5, 0.6) is 0 Å². The molecule has 21 heavy (non-hydrogen) atoms. The van der Waals surface area contributed by atoms with Crippen LogP contribution in [-0.4, -0.2) is 43.5 Å². The summed E-state index contributed by atoms with van der Waals surface area (Å²) in [5, 5.41) is 3.26. The Hall–Kier alpha value is -1.55. The molecule has 2 aliphatic rings. The minimum absolute atomic E-state index is 0.237. The first-order valence-corrected chi connectivity index (χ1v) is 8.15. The molecule has 0 spiro atoms. The van der Waals surface area contributed by atoms with Crippen molar-refractivity contribution < 1.29 is 4.79 Å². The van der Waals surface area contributed by atoms with Crippen molar-refractivity contribution in [2.24, 2.45) is 0 Å². The highest BCUT2D eigenvalue weighted by atomic mass is 16.2. The first-order valence-electron chi connectivity index (χ1n) is 8.15. The van der Waals surface area contributed by atoms with E-state index in [1.807, 2.05) is 4.90 Å². The van der Waals surface area contributed by atoms with Gasteiger partial charge in [-0.2, -0.15) is 0 Å². The molecule has 1 aromatic carbocycles. The molecule has 0 saturated carbocycles. The minimum Gasteiger partial charge on any atom is -0.372 e. The van der Waals surface area contributed by atoms with Crippen LogP contribution in [0.1, 0.15) is 31.2 Å². The van der Waals surface area contributed by atoms with Crippen LogP contribution in [0, 0.1) is 0 Å². The van der Waals surface area contributed by atoms with Gasteiger partial charge in [0.15, 0.2) is 0 Å². The molecule has 0 atom stereocenters. The van der Waals surface area contributed by atoms with Gasteiger partial charge in [-0.1, -0.05) is 12.1 Å². The first-order chi connectivity index (χ1) is 10.3. The Morgan fingerprint density at radius 2 is 1.57 bits per heavy atom. The second-order valence-electron chi connectivity index (χ2n) is 6.05. The highest BCUT2D eigenvalue weighted by molar-refractivity contribution is 5.78. The van der Waals surface area contributed by atoms with E-state index >= 15 is 0 Å². The van der Waals surface area contributed by atoms with Crippen molar-refractivity contribution in [3.05, 3.63) is 29.8 Å². The molecule has 1 aromatic rings. The molecule has 0 bridgehead atoms. The zero-order chi connectivity index (χ0) is 14.5. The number of likely N-dealkylation sites (tertiary alicyclic amines) is 1. The Balaban J connectivity index is 1.43. The average Bonchev–Trinajstić information content (AvgIpc) is 3.21. The van der Waals surface area contributed by atoms with Crippen molar-refractivity contribution in [3.63, 3.8) is 0 Å². The van der Waals surface area contributed by atoms with Crippen LogP contribution in [0.4, 0.5) is 5.69 Å². The van der Waals surface area contributed by atoms with Crippen LogP contribution in [0.25, 0.3) is 0 Å². The molecule has 2 saturated heterocycles. The van der Waals surface area contributed by atoms with E-state index in [9.17, 15) is 4.79 Å². The molecule has 114 valence electrons. The summed E-state index contributed by atoms with van der Waals surface area (Å²) in [5.74, 6) is 0.237. The lowest BCUT2D eigenvalue weighted by molar-refractivity contribution is -0.129. The topological polar surface area (TPSA) is 35.6 Å². The third-order valence-electron chi connectivity index (χ3n) is 4.47. The summed E-state index contributed by atoms with van der Waals surface area (Å²) in [6, 6.07) is 8.73. The van der Waals surface area contributed by atoms with E-state index in [4.69, 9.17) is 0 Å². The molecular formula is C17H25N3O. The van der Waals surface area contributed by atoms with Crippen molar-refractivity contribution in [2.45, 2.75) is 32.2 Å². The second kappa shape index (κ2) is 6.94. The predicted octanol–water partition coefficient (Wildman–Crippen LogP) is 2.00.